The van der Waals surface area contributed by atoms with Crippen molar-refractivity contribution in [2.24, 2.45) is 11.7 Å². The van der Waals surface area contributed by atoms with E-state index in [-0.39, 0.29) is 0 Å². The zero-order valence-corrected chi connectivity index (χ0v) is 10.5. The van der Waals surface area contributed by atoms with E-state index in [0.717, 1.165) is 5.92 Å². The molecule has 1 rings (SSSR count). The number of hydrogen-bond donors (Lipinski definition) is 1. The summed E-state index contributed by atoms with van der Waals surface area (Å²) in [6, 6.07) is 0.501. The summed E-state index contributed by atoms with van der Waals surface area (Å²) >= 11 is 0. The van der Waals surface area contributed by atoms with Crippen LogP contribution in [0.15, 0.2) is 0 Å². The zero-order chi connectivity index (χ0) is 10.9. The Morgan fingerprint density at radius 2 is 1.73 bits per heavy atom. The zero-order valence-electron chi connectivity index (χ0n) is 10.5. The molecule has 1 nitrogen and oxygen atoms in total. The molecule has 0 bridgehead atoms. The molecule has 2 N–H and O–H groups in total. The second-order valence-corrected chi connectivity index (χ2v) is 5.35. The highest BCUT2D eigenvalue weighted by Gasteiger charge is 2.19. The Morgan fingerprint density at radius 3 is 2.33 bits per heavy atom. The smallest absolute Gasteiger partial charge is 0.00414 e. The molecule has 1 aliphatic rings. The van der Waals surface area contributed by atoms with Gasteiger partial charge in [-0.2, -0.15) is 0 Å². The molecule has 15 heavy (non-hydrogen) atoms. The Labute approximate surface area is 95.8 Å². The molecule has 0 aromatic heterocycles. The highest BCUT2D eigenvalue weighted by atomic mass is 14.6. The molecule has 1 aliphatic carbocycles. The molecule has 1 heteroatoms. The van der Waals surface area contributed by atoms with Gasteiger partial charge >= 0.3 is 0 Å². The second kappa shape index (κ2) is 8.15. The van der Waals surface area contributed by atoms with Crippen LogP contribution in [0.2, 0.25) is 0 Å². The quantitative estimate of drug-likeness (QED) is 0.567. The molecule has 90 valence electrons. The van der Waals surface area contributed by atoms with Gasteiger partial charge in [-0.25, -0.2) is 0 Å². The van der Waals surface area contributed by atoms with E-state index < -0.39 is 0 Å². The molecule has 1 fully saturated rings. The maximum Gasteiger partial charge on any atom is 0.00414 e. The van der Waals surface area contributed by atoms with E-state index >= 15 is 0 Å². The van der Waals surface area contributed by atoms with Crippen molar-refractivity contribution in [1.29, 1.82) is 0 Å². The summed E-state index contributed by atoms with van der Waals surface area (Å²) in [5, 5.41) is 0. The summed E-state index contributed by atoms with van der Waals surface area (Å²) in [6.07, 6.45) is 15.3. The van der Waals surface area contributed by atoms with Gasteiger partial charge in [0, 0.05) is 6.04 Å². The van der Waals surface area contributed by atoms with Gasteiger partial charge in [0.2, 0.25) is 0 Å². The van der Waals surface area contributed by atoms with E-state index in [9.17, 15) is 0 Å². The normalized spacial score (nSPS) is 18.8. The Balaban J connectivity index is 1.81. The van der Waals surface area contributed by atoms with Crippen LogP contribution >= 0.6 is 0 Å². The number of nitrogens with two attached hydrogens (primary N) is 1. The van der Waals surface area contributed by atoms with E-state index in [4.69, 9.17) is 5.73 Å². The van der Waals surface area contributed by atoms with Gasteiger partial charge in [-0.1, -0.05) is 64.7 Å². The Bertz CT molecular complexity index is 140. The first-order valence-corrected chi connectivity index (χ1v) is 7.08. The van der Waals surface area contributed by atoms with Crippen LogP contribution < -0.4 is 5.73 Å². The summed E-state index contributed by atoms with van der Waals surface area (Å²) in [7, 11) is 0. The predicted molar refractivity (Wildman–Crippen MR) is 67.9 cm³/mol. The van der Waals surface area contributed by atoms with Crippen molar-refractivity contribution in [3.8, 4) is 0 Å². The molecular formula is C14H29N. The molecule has 0 aliphatic heterocycles. The first kappa shape index (κ1) is 13.0. The topological polar surface area (TPSA) is 26.0 Å². The van der Waals surface area contributed by atoms with Crippen LogP contribution in [-0.4, -0.2) is 6.04 Å². The molecule has 0 saturated heterocycles. The van der Waals surface area contributed by atoms with Crippen LogP contribution in [-0.2, 0) is 0 Å². The van der Waals surface area contributed by atoms with Crippen molar-refractivity contribution < 1.29 is 0 Å². The SMILES string of the molecule is CCCCCCCCC(N)CC1CCC1. The molecule has 0 spiro atoms. The molecule has 0 aromatic rings. The summed E-state index contributed by atoms with van der Waals surface area (Å²) < 4.78 is 0. The van der Waals surface area contributed by atoms with Gasteiger partial charge in [0.15, 0.2) is 0 Å². The standard InChI is InChI=1S/C14H29N/c1-2-3-4-5-6-7-11-14(15)12-13-9-8-10-13/h13-14H,2-12,15H2,1H3. The average molecular weight is 211 g/mol. The monoisotopic (exact) mass is 211 g/mol. The van der Waals surface area contributed by atoms with Gasteiger partial charge < -0.3 is 5.73 Å². The molecular weight excluding hydrogens is 182 g/mol. The Kier molecular flexibility index (Phi) is 7.08. The fourth-order valence-corrected chi connectivity index (χ4v) is 2.46. The lowest BCUT2D eigenvalue weighted by molar-refractivity contribution is 0.270. The van der Waals surface area contributed by atoms with Gasteiger partial charge in [-0.05, 0) is 18.8 Å². The lowest BCUT2D eigenvalue weighted by Crippen LogP contribution is -2.26. The lowest BCUT2D eigenvalue weighted by atomic mass is 9.80. The predicted octanol–water partition coefficient (Wildman–Crippen LogP) is 4.25. The third kappa shape index (κ3) is 6.19. The van der Waals surface area contributed by atoms with Gasteiger partial charge in [0.25, 0.3) is 0 Å². The van der Waals surface area contributed by atoms with Crippen molar-refractivity contribution in [2.75, 3.05) is 0 Å². The first-order valence-electron chi connectivity index (χ1n) is 7.08. The minimum Gasteiger partial charge on any atom is -0.328 e. The minimum atomic E-state index is 0.501. The van der Waals surface area contributed by atoms with Crippen LogP contribution in [0.3, 0.4) is 0 Å². The van der Waals surface area contributed by atoms with E-state index in [1.165, 1.54) is 70.6 Å². The first-order chi connectivity index (χ1) is 7.33. The van der Waals surface area contributed by atoms with E-state index in [2.05, 4.69) is 6.92 Å². The highest BCUT2D eigenvalue weighted by Crippen LogP contribution is 2.30. The molecule has 0 aromatic carbocycles. The van der Waals surface area contributed by atoms with E-state index in [1.54, 1.807) is 0 Å². The molecule has 1 atom stereocenters. The van der Waals surface area contributed by atoms with Crippen molar-refractivity contribution in [2.45, 2.75) is 83.6 Å². The molecule has 0 amide bonds. The van der Waals surface area contributed by atoms with Gasteiger partial charge in [-0.15, -0.1) is 0 Å². The maximum atomic E-state index is 6.12. The summed E-state index contributed by atoms with van der Waals surface area (Å²) in [5.41, 5.74) is 6.12. The number of rotatable bonds is 9. The maximum absolute atomic E-state index is 6.12. The number of unbranched alkanes of at least 4 members (excludes halogenated alkanes) is 5. The summed E-state index contributed by atoms with van der Waals surface area (Å²) in [5.74, 6) is 0.986. The molecule has 1 saturated carbocycles. The van der Waals surface area contributed by atoms with Crippen molar-refractivity contribution >= 4 is 0 Å². The van der Waals surface area contributed by atoms with Crippen molar-refractivity contribution in [3.63, 3.8) is 0 Å². The Hall–Kier alpha value is -0.0400. The van der Waals surface area contributed by atoms with E-state index in [1.807, 2.05) is 0 Å². The summed E-state index contributed by atoms with van der Waals surface area (Å²) in [6.45, 7) is 2.27. The van der Waals surface area contributed by atoms with Crippen LogP contribution in [0.4, 0.5) is 0 Å². The van der Waals surface area contributed by atoms with Crippen LogP contribution in [0, 0.1) is 5.92 Å². The number of hydrogen-bond acceptors (Lipinski definition) is 1. The molecule has 0 heterocycles. The van der Waals surface area contributed by atoms with Crippen molar-refractivity contribution in [3.05, 3.63) is 0 Å². The van der Waals surface area contributed by atoms with Crippen LogP contribution in [0.25, 0.3) is 0 Å². The van der Waals surface area contributed by atoms with Gasteiger partial charge in [-0.3, -0.25) is 0 Å². The minimum absolute atomic E-state index is 0.501. The van der Waals surface area contributed by atoms with Crippen LogP contribution in [0.5, 0.6) is 0 Å². The van der Waals surface area contributed by atoms with Gasteiger partial charge in [0.05, 0.1) is 0 Å². The second-order valence-electron chi connectivity index (χ2n) is 5.35. The summed E-state index contributed by atoms with van der Waals surface area (Å²) in [4.78, 5) is 0. The third-order valence-corrected chi connectivity index (χ3v) is 3.79. The highest BCUT2D eigenvalue weighted by molar-refractivity contribution is 4.75. The average Bonchev–Trinajstić information content (AvgIpc) is 2.17. The van der Waals surface area contributed by atoms with Gasteiger partial charge in [0.1, 0.15) is 0 Å². The van der Waals surface area contributed by atoms with Crippen molar-refractivity contribution in [1.82, 2.24) is 0 Å². The van der Waals surface area contributed by atoms with Crippen LogP contribution in [0.1, 0.15) is 77.6 Å². The largest absolute Gasteiger partial charge is 0.328 e. The molecule has 1 unspecified atom stereocenters. The fourth-order valence-electron chi connectivity index (χ4n) is 2.46. The van der Waals surface area contributed by atoms with E-state index in [0.29, 0.717) is 6.04 Å². The third-order valence-electron chi connectivity index (χ3n) is 3.79. The lowest BCUT2D eigenvalue weighted by Gasteiger charge is -2.28. The molecule has 0 radical (unpaired) electrons. The Morgan fingerprint density at radius 1 is 1.07 bits per heavy atom. The fraction of sp³-hybridized carbons (Fsp3) is 1.00.